The van der Waals surface area contributed by atoms with Gasteiger partial charge in [0.25, 0.3) is 0 Å². The zero-order valence-electron chi connectivity index (χ0n) is 10.7. The van der Waals surface area contributed by atoms with Crippen LogP contribution in [0.1, 0.15) is 11.4 Å². The van der Waals surface area contributed by atoms with Crippen LogP contribution in [0, 0.1) is 17.7 Å². The molecule has 1 aromatic carbocycles. The van der Waals surface area contributed by atoms with E-state index in [0.29, 0.717) is 0 Å². The Balaban J connectivity index is 2.30. The topological polar surface area (TPSA) is 111 Å². The van der Waals surface area contributed by atoms with Crippen LogP contribution in [0.25, 0.3) is 0 Å². The number of sulfonamides is 1. The highest BCUT2D eigenvalue weighted by atomic mass is 32.2. The van der Waals surface area contributed by atoms with Gasteiger partial charge in [0.1, 0.15) is 5.82 Å². The van der Waals surface area contributed by atoms with Gasteiger partial charge in [0.2, 0.25) is 16.4 Å². The van der Waals surface area contributed by atoms with Gasteiger partial charge in [-0.3, -0.25) is 0 Å². The van der Waals surface area contributed by atoms with E-state index in [0.717, 1.165) is 24.6 Å². The maximum Gasteiger partial charge on any atom is 0.242 e. The molecule has 2 rings (SSSR count). The Morgan fingerprint density at radius 2 is 2.24 bits per heavy atom. The van der Waals surface area contributed by atoms with E-state index >= 15 is 0 Å². The van der Waals surface area contributed by atoms with Crippen molar-refractivity contribution < 1.29 is 17.3 Å². The summed E-state index contributed by atoms with van der Waals surface area (Å²) in [5.41, 5.74) is 5.27. The molecule has 0 aliphatic carbocycles. The van der Waals surface area contributed by atoms with Crippen LogP contribution in [0.5, 0.6) is 0 Å². The number of benzene rings is 1. The summed E-state index contributed by atoms with van der Waals surface area (Å²) in [5, 5.41) is 3.48. The lowest BCUT2D eigenvalue weighted by Gasteiger charge is -2.07. The van der Waals surface area contributed by atoms with E-state index < -0.39 is 15.8 Å². The van der Waals surface area contributed by atoms with Crippen molar-refractivity contribution >= 4 is 10.0 Å². The average molecular weight is 310 g/mol. The molecule has 1 aromatic heterocycles. The minimum absolute atomic E-state index is 0.0288. The number of halogens is 1. The Kier molecular flexibility index (Phi) is 4.64. The first kappa shape index (κ1) is 15.1. The van der Waals surface area contributed by atoms with Gasteiger partial charge in [0.05, 0.1) is 18.0 Å². The largest absolute Gasteiger partial charge is 0.343 e. The zero-order chi connectivity index (χ0) is 15.3. The molecule has 0 atom stereocenters. The van der Waals surface area contributed by atoms with Gasteiger partial charge in [0.15, 0.2) is 5.82 Å². The highest BCUT2D eigenvalue weighted by molar-refractivity contribution is 7.89. The van der Waals surface area contributed by atoms with Gasteiger partial charge in [-0.2, -0.15) is 4.98 Å². The van der Waals surface area contributed by atoms with Crippen molar-refractivity contribution in [3.63, 3.8) is 0 Å². The van der Waals surface area contributed by atoms with E-state index in [1.165, 1.54) is 0 Å². The maximum absolute atomic E-state index is 13.2. The minimum atomic E-state index is -3.90. The smallest absolute Gasteiger partial charge is 0.242 e. The van der Waals surface area contributed by atoms with E-state index in [9.17, 15) is 12.8 Å². The van der Waals surface area contributed by atoms with Crippen LogP contribution in [0.2, 0.25) is 0 Å². The summed E-state index contributed by atoms with van der Waals surface area (Å²) in [5.74, 6) is 4.61. The van der Waals surface area contributed by atoms with E-state index in [1.54, 1.807) is 0 Å². The molecule has 7 nitrogen and oxygen atoms in total. The van der Waals surface area contributed by atoms with Crippen LogP contribution in [0.15, 0.2) is 34.0 Å². The summed E-state index contributed by atoms with van der Waals surface area (Å²) in [4.78, 5) is 3.54. The van der Waals surface area contributed by atoms with Crippen LogP contribution in [0.3, 0.4) is 0 Å². The Hall–Kier alpha value is -2.28. The molecule has 110 valence electrons. The SMILES string of the molecule is NCC#Cc1cc(F)ccc1S(=O)(=O)NCc1ncon1. The van der Waals surface area contributed by atoms with Crippen LogP contribution in [0.4, 0.5) is 4.39 Å². The van der Waals surface area contributed by atoms with Crippen molar-refractivity contribution in [3.05, 3.63) is 41.8 Å². The third kappa shape index (κ3) is 3.85. The molecule has 0 aliphatic rings. The van der Waals surface area contributed by atoms with E-state index in [2.05, 4.69) is 31.2 Å². The molecule has 0 saturated carbocycles. The van der Waals surface area contributed by atoms with Crippen LogP contribution >= 0.6 is 0 Å². The average Bonchev–Trinajstić information content (AvgIpc) is 2.96. The fraction of sp³-hybridized carbons (Fsp3) is 0.167. The third-order valence-corrected chi connectivity index (χ3v) is 3.84. The lowest BCUT2D eigenvalue weighted by atomic mass is 10.2. The number of nitrogens with one attached hydrogen (secondary N) is 1. The first-order chi connectivity index (χ1) is 10.0. The van der Waals surface area contributed by atoms with Crippen molar-refractivity contribution in [2.45, 2.75) is 11.4 Å². The number of hydrogen-bond donors (Lipinski definition) is 2. The highest BCUT2D eigenvalue weighted by Gasteiger charge is 2.19. The monoisotopic (exact) mass is 310 g/mol. The van der Waals surface area contributed by atoms with Crippen LogP contribution < -0.4 is 10.5 Å². The normalized spacial score (nSPS) is 11.0. The van der Waals surface area contributed by atoms with Gasteiger partial charge in [-0.25, -0.2) is 17.5 Å². The Morgan fingerprint density at radius 3 is 2.90 bits per heavy atom. The second-order valence-electron chi connectivity index (χ2n) is 3.82. The first-order valence-electron chi connectivity index (χ1n) is 5.76. The lowest BCUT2D eigenvalue weighted by Crippen LogP contribution is -2.24. The number of nitrogens with zero attached hydrogens (tertiary/aromatic N) is 2. The molecule has 0 radical (unpaired) electrons. The second kappa shape index (κ2) is 6.45. The third-order valence-electron chi connectivity index (χ3n) is 2.38. The molecule has 2 aromatic rings. The van der Waals surface area contributed by atoms with Gasteiger partial charge in [-0.05, 0) is 18.2 Å². The van der Waals surface area contributed by atoms with Gasteiger partial charge in [-0.15, -0.1) is 0 Å². The zero-order valence-corrected chi connectivity index (χ0v) is 11.5. The van der Waals surface area contributed by atoms with Gasteiger partial charge in [-0.1, -0.05) is 17.0 Å². The molecule has 9 heteroatoms. The van der Waals surface area contributed by atoms with Gasteiger partial charge >= 0.3 is 0 Å². The molecular formula is C12H11FN4O3S. The van der Waals surface area contributed by atoms with Crippen LogP contribution in [-0.2, 0) is 16.6 Å². The molecule has 0 unspecified atom stereocenters. The lowest BCUT2D eigenvalue weighted by molar-refractivity contribution is 0.409. The van der Waals surface area contributed by atoms with E-state index in [1.807, 2.05) is 0 Å². The molecule has 0 spiro atoms. The Morgan fingerprint density at radius 1 is 1.43 bits per heavy atom. The molecular weight excluding hydrogens is 299 g/mol. The Bertz CT molecular complexity index is 779. The molecule has 1 heterocycles. The van der Waals surface area contributed by atoms with E-state index in [4.69, 9.17) is 5.73 Å². The number of hydrogen-bond acceptors (Lipinski definition) is 6. The molecule has 0 bridgehead atoms. The molecule has 0 saturated heterocycles. The second-order valence-corrected chi connectivity index (χ2v) is 5.55. The summed E-state index contributed by atoms with van der Waals surface area (Å²) in [6.07, 6.45) is 1.08. The predicted molar refractivity (Wildman–Crippen MR) is 70.7 cm³/mol. The standard InChI is InChI=1S/C12H11FN4O3S/c13-10-3-4-11(9(6-10)2-1-5-14)21(18,19)16-7-12-15-8-20-17-12/h3-4,6,8,16H,5,7,14H2. The van der Waals surface area contributed by atoms with Crippen molar-refractivity contribution in [3.8, 4) is 11.8 Å². The summed E-state index contributed by atoms with van der Waals surface area (Å²) >= 11 is 0. The highest BCUT2D eigenvalue weighted by Crippen LogP contribution is 2.16. The van der Waals surface area contributed by atoms with Crippen molar-refractivity contribution in [1.82, 2.24) is 14.9 Å². The minimum Gasteiger partial charge on any atom is -0.343 e. The van der Waals surface area contributed by atoms with Crippen LogP contribution in [-0.4, -0.2) is 25.1 Å². The van der Waals surface area contributed by atoms with Crippen molar-refractivity contribution in [2.75, 3.05) is 6.54 Å². The first-order valence-corrected chi connectivity index (χ1v) is 7.24. The fourth-order valence-corrected chi connectivity index (χ4v) is 2.61. The molecule has 3 N–H and O–H groups in total. The maximum atomic E-state index is 13.2. The number of rotatable bonds is 4. The predicted octanol–water partition coefficient (Wildman–Crippen LogP) is -0.00260. The molecule has 0 aliphatic heterocycles. The molecule has 21 heavy (non-hydrogen) atoms. The summed E-state index contributed by atoms with van der Waals surface area (Å²) in [7, 11) is -3.90. The van der Waals surface area contributed by atoms with Gasteiger partial charge < -0.3 is 10.3 Å². The summed E-state index contributed by atoms with van der Waals surface area (Å²) < 4.78 is 44.4. The summed E-state index contributed by atoms with van der Waals surface area (Å²) in [6, 6.07) is 3.20. The molecule has 0 amide bonds. The van der Waals surface area contributed by atoms with E-state index in [-0.39, 0.29) is 29.4 Å². The van der Waals surface area contributed by atoms with Crippen molar-refractivity contribution in [1.29, 1.82) is 0 Å². The quantitative estimate of drug-likeness (QED) is 0.769. The number of nitrogens with two attached hydrogens (primary N) is 1. The fourth-order valence-electron chi connectivity index (χ4n) is 1.49. The van der Waals surface area contributed by atoms with Gasteiger partial charge in [0, 0.05) is 5.56 Å². The number of aromatic nitrogens is 2. The van der Waals surface area contributed by atoms with Crippen molar-refractivity contribution in [2.24, 2.45) is 5.73 Å². The molecule has 0 fully saturated rings. The Labute approximate surface area is 120 Å². The summed E-state index contributed by atoms with van der Waals surface area (Å²) in [6.45, 7) is -0.119.